The van der Waals surface area contributed by atoms with E-state index in [0.717, 1.165) is 6.54 Å². The number of benzene rings is 2. The fraction of sp³-hybridized carbons (Fsp3) is 0.364. The van der Waals surface area contributed by atoms with Gasteiger partial charge in [-0.15, -0.1) is 0 Å². The molecule has 0 aliphatic heterocycles. The summed E-state index contributed by atoms with van der Waals surface area (Å²) >= 11 is 1.22. The molecule has 1 heterocycles. The monoisotopic (exact) mass is 479 g/mol. The Hall–Kier alpha value is -2.56. The van der Waals surface area contributed by atoms with Gasteiger partial charge < -0.3 is 9.64 Å². The molecule has 0 N–H and O–H groups in total. The van der Waals surface area contributed by atoms with Crippen LogP contribution in [0.2, 0.25) is 0 Å². The number of halogens is 1. The summed E-state index contributed by atoms with van der Waals surface area (Å²) < 4.78 is 45.2. The minimum absolute atomic E-state index is 0.132. The standard InChI is InChI=1S/C22H26FN3O4S2/c1-25(2)13-5-14-26(22-24-21-18(23)6-4-7-19(21)31-22)20(27)12-15-32(28,29)17-10-8-16(30-3)9-11-17/h4,6-11H,5,12-15H2,1-3H3. The zero-order chi connectivity index (χ0) is 23.3. The van der Waals surface area contributed by atoms with Crippen LogP contribution in [0.5, 0.6) is 5.75 Å². The summed E-state index contributed by atoms with van der Waals surface area (Å²) in [6.07, 6.45) is 0.469. The molecule has 0 bridgehead atoms. The summed E-state index contributed by atoms with van der Waals surface area (Å²) in [5.74, 6) is -0.593. The Labute approximate surface area is 191 Å². The molecule has 172 valence electrons. The number of anilines is 1. The largest absolute Gasteiger partial charge is 0.497 e. The molecule has 0 radical (unpaired) electrons. The third kappa shape index (κ3) is 5.81. The Balaban J connectivity index is 1.78. The fourth-order valence-corrected chi connectivity index (χ4v) is 5.40. The van der Waals surface area contributed by atoms with Crippen LogP contribution in [0.4, 0.5) is 9.52 Å². The Morgan fingerprint density at radius 1 is 1.12 bits per heavy atom. The number of methoxy groups -OCH3 is 1. The summed E-state index contributed by atoms with van der Waals surface area (Å²) in [7, 11) is 1.71. The Bertz CT molecular complexity index is 1180. The first kappa shape index (κ1) is 24.1. The van der Waals surface area contributed by atoms with Crippen molar-refractivity contribution in [2.24, 2.45) is 0 Å². The van der Waals surface area contributed by atoms with Crippen molar-refractivity contribution in [3.63, 3.8) is 0 Å². The van der Waals surface area contributed by atoms with Crippen LogP contribution in [0.25, 0.3) is 10.2 Å². The quantitative estimate of drug-likeness (QED) is 0.442. The van der Waals surface area contributed by atoms with Crippen LogP contribution < -0.4 is 9.64 Å². The van der Waals surface area contributed by atoms with Crippen molar-refractivity contribution in [1.29, 1.82) is 0 Å². The molecule has 0 unspecified atom stereocenters. The van der Waals surface area contributed by atoms with Gasteiger partial charge in [-0.1, -0.05) is 17.4 Å². The van der Waals surface area contributed by atoms with Gasteiger partial charge >= 0.3 is 0 Å². The highest BCUT2D eigenvalue weighted by atomic mass is 32.2. The van der Waals surface area contributed by atoms with E-state index in [9.17, 15) is 17.6 Å². The van der Waals surface area contributed by atoms with Crippen LogP contribution in [-0.4, -0.2) is 64.3 Å². The number of ether oxygens (including phenoxy) is 1. The minimum Gasteiger partial charge on any atom is -0.497 e. The predicted octanol–water partition coefficient (Wildman–Crippen LogP) is 3.59. The van der Waals surface area contributed by atoms with Crippen molar-refractivity contribution in [3.8, 4) is 5.75 Å². The van der Waals surface area contributed by atoms with Crippen molar-refractivity contribution < 1.29 is 22.3 Å². The first-order chi connectivity index (χ1) is 15.2. The lowest BCUT2D eigenvalue weighted by Crippen LogP contribution is -2.34. The van der Waals surface area contributed by atoms with E-state index < -0.39 is 15.7 Å². The maximum Gasteiger partial charge on any atom is 0.229 e. The lowest BCUT2D eigenvalue weighted by atomic mass is 10.3. The number of carbonyl (C=O) groups excluding carboxylic acids is 1. The normalized spacial score (nSPS) is 11.8. The summed E-state index contributed by atoms with van der Waals surface area (Å²) in [6.45, 7) is 1.11. The number of carbonyl (C=O) groups is 1. The Kier molecular flexibility index (Phi) is 7.81. The van der Waals surface area contributed by atoms with Crippen LogP contribution in [0, 0.1) is 5.82 Å². The van der Waals surface area contributed by atoms with E-state index in [1.807, 2.05) is 19.0 Å². The van der Waals surface area contributed by atoms with Gasteiger partial charge in [0.15, 0.2) is 15.0 Å². The summed E-state index contributed by atoms with van der Waals surface area (Å²) in [5.41, 5.74) is 0.212. The number of hydrogen-bond acceptors (Lipinski definition) is 7. The SMILES string of the molecule is COc1ccc(S(=O)(=O)CCC(=O)N(CCCN(C)C)c2nc3c(F)cccc3s2)cc1. The third-order valence-corrected chi connectivity index (χ3v) is 7.66. The number of para-hydroxylation sites is 1. The highest BCUT2D eigenvalue weighted by Gasteiger charge is 2.23. The topological polar surface area (TPSA) is 79.8 Å². The number of fused-ring (bicyclic) bond motifs is 1. The van der Waals surface area contributed by atoms with E-state index in [4.69, 9.17) is 4.74 Å². The molecule has 1 amide bonds. The second-order valence-electron chi connectivity index (χ2n) is 7.53. The molecule has 10 heteroatoms. The smallest absolute Gasteiger partial charge is 0.229 e. The van der Waals surface area contributed by atoms with Crippen molar-refractivity contribution >= 4 is 42.4 Å². The van der Waals surface area contributed by atoms with E-state index >= 15 is 0 Å². The third-order valence-electron chi connectivity index (χ3n) is 4.88. The number of sulfone groups is 1. The van der Waals surface area contributed by atoms with Crippen LogP contribution >= 0.6 is 11.3 Å². The molecular weight excluding hydrogens is 453 g/mol. The molecule has 3 aromatic rings. The molecule has 0 saturated heterocycles. The Morgan fingerprint density at radius 3 is 2.47 bits per heavy atom. The molecular formula is C22H26FN3O4S2. The molecule has 1 aromatic heterocycles. The molecule has 0 aliphatic rings. The molecule has 32 heavy (non-hydrogen) atoms. The summed E-state index contributed by atoms with van der Waals surface area (Å²) in [4.78, 5) is 21.0. The van der Waals surface area contributed by atoms with Crippen LogP contribution in [0.1, 0.15) is 12.8 Å². The van der Waals surface area contributed by atoms with Crippen LogP contribution in [0.3, 0.4) is 0 Å². The van der Waals surface area contributed by atoms with Gasteiger partial charge in [0, 0.05) is 13.0 Å². The molecule has 0 saturated carbocycles. The second-order valence-corrected chi connectivity index (χ2v) is 10.6. The average Bonchev–Trinajstić information content (AvgIpc) is 3.20. The summed E-state index contributed by atoms with van der Waals surface area (Å²) in [6, 6.07) is 10.7. The highest BCUT2D eigenvalue weighted by molar-refractivity contribution is 7.91. The number of amides is 1. The summed E-state index contributed by atoms with van der Waals surface area (Å²) in [5, 5.41) is 0.371. The second kappa shape index (κ2) is 10.4. The molecule has 0 atom stereocenters. The van der Waals surface area contributed by atoms with Crippen molar-refractivity contribution in [2.45, 2.75) is 17.7 Å². The molecule has 0 fully saturated rings. The van der Waals surface area contributed by atoms with Gasteiger partial charge in [0.1, 0.15) is 17.1 Å². The van der Waals surface area contributed by atoms with Crippen molar-refractivity contribution in [2.75, 3.05) is 44.9 Å². The maximum atomic E-state index is 14.1. The molecule has 3 rings (SSSR count). The molecule has 0 aliphatic carbocycles. The molecule has 7 nitrogen and oxygen atoms in total. The number of hydrogen-bond donors (Lipinski definition) is 0. The van der Waals surface area contributed by atoms with E-state index in [2.05, 4.69) is 4.98 Å². The first-order valence-corrected chi connectivity index (χ1v) is 12.5. The predicted molar refractivity (Wildman–Crippen MR) is 125 cm³/mol. The lowest BCUT2D eigenvalue weighted by molar-refractivity contribution is -0.118. The zero-order valence-electron chi connectivity index (χ0n) is 18.2. The van der Waals surface area contributed by atoms with Crippen molar-refractivity contribution in [1.82, 2.24) is 9.88 Å². The lowest BCUT2D eigenvalue weighted by Gasteiger charge is -2.21. The molecule has 0 spiro atoms. The van der Waals surface area contributed by atoms with Gasteiger partial charge in [0.05, 0.1) is 22.5 Å². The number of aromatic nitrogens is 1. The average molecular weight is 480 g/mol. The zero-order valence-corrected chi connectivity index (χ0v) is 19.9. The van der Waals surface area contributed by atoms with Gasteiger partial charge in [0.25, 0.3) is 0 Å². The van der Waals surface area contributed by atoms with E-state index in [-0.39, 0.29) is 28.5 Å². The van der Waals surface area contributed by atoms with E-state index in [0.29, 0.717) is 28.5 Å². The Morgan fingerprint density at radius 2 is 1.84 bits per heavy atom. The number of thiazole rings is 1. The highest BCUT2D eigenvalue weighted by Crippen LogP contribution is 2.31. The van der Waals surface area contributed by atoms with Crippen LogP contribution in [0.15, 0.2) is 47.4 Å². The minimum atomic E-state index is -3.65. The van der Waals surface area contributed by atoms with Gasteiger partial charge in [-0.3, -0.25) is 9.69 Å². The van der Waals surface area contributed by atoms with Gasteiger partial charge in [-0.2, -0.15) is 0 Å². The van der Waals surface area contributed by atoms with Crippen molar-refractivity contribution in [3.05, 3.63) is 48.3 Å². The number of nitrogens with zero attached hydrogens (tertiary/aromatic N) is 3. The fourth-order valence-electron chi connectivity index (χ4n) is 3.15. The number of rotatable bonds is 10. The van der Waals surface area contributed by atoms with Gasteiger partial charge in [-0.05, 0) is 63.5 Å². The van der Waals surface area contributed by atoms with Crippen LogP contribution in [-0.2, 0) is 14.6 Å². The van der Waals surface area contributed by atoms with E-state index in [1.54, 1.807) is 24.3 Å². The van der Waals surface area contributed by atoms with E-state index in [1.165, 1.54) is 41.5 Å². The maximum absolute atomic E-state index is 14.1. The van der Waals surface area contributed by atoms with Gasteiger partial charge in [0.2, 0.25) is 5.91 Å². The first-order valence-electron chi connectivity index (χ1n) is 10.1. The molecule has 2 aromatic carbocycles. The van der Waals surface area contributed by atoms with Gasteiger partial charge in [-0.25, -0.2) is 17.8 Å².